The van der Waals surface area contributed by atoms with Crippen molar-refractivity contribution in [1.82, 2.24) is 20.3 Å². The van der Waals surface area contributed by atoms with Gasteiger partial charge in [0.15, 0.2) is 0 Å². The maximum absolute atomic E-state index is 14.4. The van der Waals surface area contributed by atoms with E-state index >= 15 is 0 Å². The normalized spacial score (nSPS) is 26.2. The van der Waals surface area contributed by atoms with Gasteiger partial charge in [-0.3, -0.25) is 4.68 Å². The van der Waals surface area contributed by atoms with Gasteiger partial charge in [-0.25, -0.2) is 4.39 Å². The molecule has 2 fully saturated rings. The molecule has 1 aromatic heterocycles. The van der Waals surface area contributed by atoms with Crippen molar-refractivity contribution in [2.75, 3.05) is 6.54 Å². The first kappa shape index (κ1) is 16.7. The number of aryl methyl sites for hydroxylation is 1. The molecule has 2 aromatic rings. The molecule has 4 rings (SSSR count). The average molecular weight is 342 g/mol. The fourth-order valence-corrected chi connectivity index (χ4v) is 4.93. The Morgan fingerprint density at radius 2 is 2.12 bits per heavy atom. The van der Waals surface area contributed by atoms with Crippen LogP contribution in [0.25, 0.3) is 0 Å². The lowest BCUT2D eigenvalue weighted by atomic mass is 9.80. The van der Waals surface area contributed by atoms with E-state index in [1.54, 1.807) is 18.3 Å². The van der Waals surface area contributed by atoms with Crippen LogP contribution in [0.15, 0.2) is 36.7 Å². The number of benzene rings is 1. The maximum Gasteiger partial charge on any atom is 0.127 e. The molecule has 2 saturated carbocycles. The van der Waals surface area contributed by atoms with Crippen molar-refractivity contribution in [1.29, 1.82) is 0 Å². The Morgan fingerprint density at radius 1 is 1.20 bits per heavy atom. The maximum atomic E-state index is 14.4. The van der Waals surface area contributed by atoms with E-state index in [4.69, 9.17) is 0 Å². The Morgan fingerprint density at radius 3 is 2.84 bits per heavy atom. The highest BCUT2D eigenvalue weighted by molar-refractivity contribution is 5.23. The number of hydrogen-bond donors (Lipinski definition) is 1. The summed E-state index contributed by atoms with van der Waals surface area (Å²) < 4.78 is 16.3. The fraction of sp³-hybridized carbons (Fsp3) is 0.600. The second-order valence-electron chi connectivity index (χ2n) is 7.67. The van der Waals surface area contributed by atoms with Crippen molar-refractivity contribution in [3.05, 3.63) is 48.0 Å². The van der Waals surface area contributed by atoms with Crippen LogP contribution in [0.3, 0.4) is 0 Å². The second kappa shape index (κ2) is 7.65. The van der Waals surface area contributed by atoms with Gasteiger partial charge in [0.25, 0.3) is 0 Å². The number of nitrogens with zero attached hydrogens (tertiary/aromatic N) is 3. The van der Waals surface area contributed by atoms with E-state index in [1.165, 1.54) is 25.7 Å². The molecular formula is C20H27FN4. The zero-order valence-electron chi connectivity index (χ0n) is 14.6. The highest BCUT2D eigenvalue weighted by Gasteiger charge is 2.43. The molecule has 25 heavy (non-hydrogen) atoms. The molecule has 134 valence electrons. The first-order chi connectivity index (χ1) is 12.3. The first-order valence-corrected chi connectivity index (χ1v) is 9.63. The SMILES string of the molecule is Fc1ccccc1[C@@H](NCCCCn1ccnn1)[C@H]1C[C@H]2CC[C@H]1C2. The van der Waals surface area contributed by atoms with Gasteiger partial charge in [0.05, 0.1) is 6.20 Å². The minimum atomic E-state index is -0.0645. The van der Waals surface area contributed by atoms with Gasteiger partial charge in [-0.15, -0.1) is 5.10 Å². The molecule has 0 amide bonds. The summed E-state index contributed by atoms with van der Waals surface area (Å²) in [5, 5.41) is 11.5. The molecule has 0 radical (unpaired) electrons. The molecule has 2 aliphatic rings. The molecule has 1 aromatic carbocycles. The number of rotatable bonds is 8. The number of halogens is 1. The molecule has 1 N–H and O–H groups in total. The highest BCUT2D eigenvalue weighted by Crippen LogP contribution is 2.52. The van der Waals surface area contributed by atoms with E-state index < -0.39 is 0 Å². The molecule has 0 spiro atoms. The van der Waals surface area contributed by atoms with E-state index in [0.717, 1.165) is 43.3 Å². The monoisotopic (exact) mass is 342 g/mol. The molecule has 0 unspecified atom stereocenters. The summed E-state index contributed by atoms with van der Waals surface area (Å²) in [5.74, 6) is 2.17. The molecule has 0 saturated heterocycles. The van der Waals surface area contributed by atoms with Gasteiger partial charge in [0.2, 0.25) is 0 Å². The topological polar surface area (TPSA) is 42.7 Å². The molecular weight excluding hydrogens is 315 g/mol. The summed E-state index contributed by atoms with van der Waals surface area (Å²) in [6.07, 6.45) is 11.0. The van der Waals surface area contributed by atoms with Crippen molar-refractivity contribution in [2.24, 2.45) is 17.8 Å². The highest BCUT2D eigenvalue weighted by atomic mass is 19.1. The molecule has 2 aliphatic carbocycles. The van der Waals surface area contributed by atoms with Crippen LogP contribution in [0.1, 0.15) is 50.1 Å². The number of fused-ring (bicyclic) bond motifs is 2. The summed E-state index contributed by atoms with van der Waals surface area (Å²) in [5.41, 5.74) is 0.858. The van der Waals surface area contributed by atoms with Crippen LogP contribution >= 0.6 is 0 Å². The summed E-state index contributed by atoms with van der Waals surface area (Å²) in [6.45, 7) is 1.81. The standard InChI is InChI=1S/C20H27FN4/c21-19-6-2-1-5-17(19)20(18-14-15-7-8-16(18)13-15)22-9-3-4-11-25-12-10-23-24-25/h1-2,5-6,10,12,15-16,18,20,22H,3-4,7-9,11,13-14H2/t15-,16-,18-,20+/m0/s1. The second-order valence-corrected chi connectivity index (χ2v) is 7.67. The quantitative estimate of drug-likeness (QED) is 0.738. The molecule has 1 heterocycles. The van der Waals surface area contributed by atoms with Crippen molar-refractivity contribution in [2.45, 2.75) is 51.1 Å². The number of hydrogen-bond acceptors (Lipinski definition) is 3. The third kappa shape index (κ3) is 3.76. The Kier molecular flexibility index (Phi) is 5.11. The number of aromatic nitrogens is 3. The van der Waals surface area contributed by atoms with Crippen LogP contribution in [0.2, 0.25) is 0 Å². The third-order valence-electron chi connectivity index (χ3n) is 6.11. The smallest absolute Gasteiger partial charge is 0.127 e. The van der Waals surface area contributed by atoms with Gasteiger partial charge in [0, 0.05) is 24.3 Å². The van der Waals surface area contributed by atoms with E-state index in [-0.39, 0.29) is 11.9 Å². The first-order valence-electron chi connectivity index (χ1n) is 9.63. The summed E-state index contributed by atoms with van der Waals surface area (Å²) >= 11 is 0. The van der Waals surface area contributed by atoms with E-state index in [1.807, 2.05) is 23.0 Å². The minimum Gasteiger partial charge on any atom is -0.310 e. The lowest BCUT2D eigenvalue weighted by Crippen LogP contribution is -2.33. The van der Waals surface area contributed by atoms with Gasteiger partial charge >= 0.3 is 0 Å². The average Bonchev–Trinajstić information content (AvgIpc) is 3.37. The Bertz CT molecular complexity index is 672. The van der Waals surface area contributed by atoms with Gasteiger partial charge in [0.1, 0.15) is 5.82 Å². The zero-order chi connectivity index (χ0) is 17.1. The van der Waals surface area contributed by atoms with Crippen molar-refractivity contribution in [3.63, 3.8) is 0 Å². The summed E-state index contributed by atoms with van der Waals surface area (Å²) in [6, 6.07) is 7.47. The minimum absolute atomic E-state index is 0.0645. The van der Waals surface area contributed by atoms with Crippen molar-refractivity contribution < 1.29 is 4.39 Å². The summed E-state index contributed by atoms with van der Waals surface area (Å²) in [7, 11) is 0. The van der Waals surface area contributed by atoms with Crippen LogP contribution in [0, 0.1) is 23.6 Å². The van der Waals surface area contributed by atoms with E-state index in [2.05, 4.69) is 15.6 Å². The summed E-state index contributed by atoms with van der Waals surface area (Å²) in [4.78, 5) is 0. The number of nitrogens with one attached hydrogen (secondary N) is 1. The molecule has 2 bridgehead atoms. The van der Waals surface area contributed by atoms with Crippen LogP contribution < -0.4 is 5.32 Å². The van der Waals surface area contributed by atoms with Gasteiger partial charge in [-0.05, 0) is 62.5 Å². The Labute approximate surface area is 148 Å². The van der Waals surface area contributed by atoms with Crippen LogP contribution in [-0.4, -0.2) is 21.5 Å². The van der Waals surface area contributed by atoms with Crippen LogP contribution in [-0.2, 0) is 6.54 Å². The van der Waals surface area contributed by atoms with Gasteiger partial charge in [-0.1, -0.05) is 29.8 Å². The lowest BCUT2D eigenvalue weighted by molar-refractivity contribution is 0.245. The van der Waals surface area contributed by atoms with Gasteiger partial charge < -0.3 is 5.32 Å². The van der Waals surface area contributed by atoms with Crippen LogP contribution in [0.4, 0.5) is 4.39 Å². The number of unbranched alkanes of at least 4 members (excludes halogenated alkanes) is 1. The predicted octanol–water partition coefficient (Wildman–Crippen LogP) is 3.96. The van der Waals surface area contributed by atoms with Crippen molar-refractivity contribution >= 4 is 0 Å². The van der Waals surface area contributed by atoms with Crippen LogP contribution in [0.5, 0.6) is 0 Å². The molecule has 4 atom stereocenters. The lowest BCUT2D eigenvalue weighted by Gasteiger charge is -2.32. The third-order valence-corrected chi connectivity index (χ3v) is 6.11. The largest absolute Gasteiger partial charge is 0.310 e. The van der Waals surface area contributed by atoms with E-state index in [0.29, 0.717) is 5.92 Å². The molecule has 0 aliphatic heterocycles. The van der Waals surface area contributed by atoms with Gasteiger partial charge in [-0.2, -0.15) is 0 Å². The molecule has 5 heteroatoms. The Balaban J connectivity index is 1.37. The van der Waals surface area contributed by atoms with E-state index in [9.17, 15) is 4.39 Å². The Hall–Kier alpha value is -1.75. The predicted molar refractivity (Wildman–Crippen MR) is 95.3 cm³/mol. The fourth-order valence-electron chi connectivity index (χ4n) is 4.93. The zero-order valence-corrected chi connectivity index (χ0v) is 14.6. The molecule has 4 nitrogen and oxygen atoms in total. The van der Waals surface area contributed by atoms with Crippen molar-refractivity contribution in [3.8, 4) is 0 Å².